The number of nitrogens with one attached hydrogen (secondary N) is 1. The van der Waals surface area contributed by atoms with Crippen LogP contribution in [0.3, 0.4) is 0 Å². The van der Waals surface area contributed by atoms with E-state index in [0.29, 0.717) is 13.1 Å². The number of carbonyl (C=O) groups excluding carboxylic acids is 2. The summed E-state index contributed by atoms with van der Waals surface area (Å²) in [7, 11) is 0. The van der Waals surface area contributed by atoms with Gasteiger partial charge in [0.05, 0.1) is 6.42 Å². The van der Waals surface area contributed by atoms with Gasteiger partial charge in [-0.2, -0.15) is 0 Å². The van der Waals surface area contributed by atoms with E-state index in [9.17, 15) is 9.59 Å². The van der Waals surface area contributed by atoms with E-state index in [4.69, 9.17) is 5.73 Å². The first-order chi connectivity index (χ1) is 10.5. The van der Waals surface area contributed by atoms with Crippen molar-refractivity contribution in [1.29, 1.82) is 0 Å². The normalized spacial score (nSPS) is 19.3. The molecule has 5 heteroatoms. The minimum atomic E-state index is -0.485. The first kappa shape index (κ1) is 16.5. The zero-order valence-corrected chi connectivity index (χ0v) is 13.3. The summed E-state index contributed by atoms with van der Waals surface area (Å²) >= 11 is 0. The van der Waals surface area contributed by atoms with Crippen molar-refractivity contribution in [2.24, 2.45) is 11.7 Å². The highest BCUT2D eigenvalue weighted by atomic mass is 16.2. The van der Waals surface area contributed by atoms with Crippen LogP contribution in [-0.2, 0) is 16.0 Å². The molecule has 1 aliphatic heterocycles. The summed E-state index contributed by atoms with van der Waals surface area (Å²) in [6.07, 6.45) is 1.12. The van der Waals surface area contributed by atoms with Gasteiger partial charge in [-0.1, -0.05) is 44.2 Å². The van der Waals surface area contributed by atoms with Gasteiger partial charge in [0.15, 0.2) is 0 Å². The molecule has 1 aromatic rings. The molecule has 0 aromatic heterocycles. The van der Waals surface area contributed by atoms with Gasteiger partial charge in [-0.25, -0.2) is 0 Å². The Kier molecular flexibility index (Phi) is 5.55. The summed E-state index contributed by atoms with van der Waals surface area (Å²) in [6.45, 7) is 5.15. The highest BCUT2D eigenvalue weighted by molar-refractivity contribution is 5.88. The summed E-state index contributed by atoms with van der Waals surface area (Å²) in [4.78, 5) is 26.5. The fourth-order valence-electron chi connectivity index (χ4n) is 2.70. The standard InChI is InChI=1S/C17H25N3O2/c1-12(2)16(17(22)20-9-8-14(18)11-20)19-15(21)10-13-6-4-3-5-7-13/h3-7,12,14,16H,8-11,18H2,1-2H3,(H,19,21)/t14-,16?/m1/s1. The second kappa shape index (κ2) is 7.40. The van der Waals surface area contributed by atoms with Crippen molar-refractivity contribution in [2.45, 2.75) is 38.8 Å². The van der Waals surface area contributed by atoms with Crippen molar-refractivity contribution in [2.75, 3.05) is 13.1 Å². The number of rotatable bonds is 5. The Bertz CT molecular complexity index is 516. The zero-order chi connectivity index (χ0) is 16.1. The molecule has 0 radical (unpaired) electrons. The molecule has 0 aliphatic carbocycles. The molecule has 0 bridgehead atoms. The maximum absolute atomic E-state index is 12.6. The van der Waals surface area contributed by atoms with E-state index in [1.54, 1.807) is 4.90 Å². The predicted octanol–water partition coefficient (Wildman–Crippen LogP) is 0.930. The maximum Gasteiger partial charge on any atom is 0.245 e. The van der Waals surface area contributed by atoms with Gasteiger partial charge < -0.3 is 16.0 Å². The molecule has 1 aromatic carbocycles. The van der Waals surface area contributed by atoms with Gasteiger partial charge in [0.25, 0.3) is 0 Å². The van der Waals surface area contributed by atoms with E-state index in [2.05, 4.69) is 5.32 Å². The molecule has 1 fully saturated rings. The number of carbonyl (C=O) groups is 2. The Morgan fingerprint density at radius 2 is 2.00 bits per heavy atom. The van der Waals surface area contributed by atoms with Gasteiger partial charge in [-0.05, 0) is 17.9 Å². The molecular weight excluding hydrogens is 278 g/mol. The second-order valence-electron chi connectivity index (χ2n) is 6.28. The monoisotopic (exact) mass is 303 g/mol. The van der Waals surface area contributed by atoms with Crippen molar-refractivity contribution < 1.29 is 9.59 Å². The van der Waals surface area contributed by atoms with E-state index in [1.807, 2.05) is 44.2 Å². The number of hydrogen-bond acceptors (Lipinski definition) is 3. The lowest BCUT2D eigenvalue weighted by molar-refractivity contribution is -0.136. The fraction of sp³-hybridized carbons (Fsp3) is 0.529. The Hall–Kier alpha value is -1.88. The topological polar surface area (TPSA) is 75.4 Å². The van der Waals surface area contributed by atoms with E-state index in [-0.39, 0.29) is 30.2 Å². The third-order valence-electron chi connectivity index (χ3n) is 3.99. The first-order valence-electron chi connectivity index (χ1n) is 7.85. The number of hydrogen-bond donors (Lipinski definition) is 2. The van der Waals surface area contributed by atoms with Crippen molar-refractivity contribution in [3.63, 3.8) is 0 Å². The molecule has 2 rings (SSSR count). The van der Waals surface area contributed by atoms with Crippen molar-refractivity contribution >= 4 is 11.8 Å². The molecule has 5 nitrogen and oxygen atoms in total. The summed E-state index contributed by atoms with van der Waals surface area (Å²) < 4.78 is 0. The summed E-state index contributed by atoms with van der Waals surface area (Å²) in [6, 6.07) is 9.10. The molecular formula is C17H25N3O2. The van der Waals surface area contributed by atoms with Crippen LogP contribution in [0.15, 0.2) is 30.3 Å². The molecule has 22 heavy (non-hydrogen) atoms. The number of nitrogens with zero attached hydrogens (tertiary/aromatic N) is 1. The average Bonchev–Trinajstić information content (AvgIpc) is 2.91. The summed E-state index contributed by atoms with van der Waals surface area (Å²) in [5, 5.41) is 2.89. The molecule has 2 amide bonds. The number of nitrogens with two attached hydrogens (primary N) is 1. The van der Waals surface area contributed by atoms with Crippen LogP contribution in [0, 0.1) is 5.92 Å². The molecule has 0 spiro atoms. The third-order valence-corrected chi connectivity index (χ3v) is 3.99. The molecule has 1 heterocycles. The third kappa shape index (κ3) is 4.31. The van der Waals surface area contributed by atoms with Crippen LogP contribution >= 0.6 is 0 Å². The molecule has 120 valence electrons. The lowest BCUT2D eigenvalue weighted by atomic mass is 10.0. The van der Waals surface area contributed by atoms with E-state index >= 15 is 0 Å². The lowest BCUT2D eigenvalue weighted by Crippen LogP contribution is -2.51. The Labute approximate surface area is 131 Å². The smallest absolute Gasteiger partial charge is 0.245 e. The highest BCUT2D eigenvalue weighted by Gasteiger charge is 2.32. The van der Waals surface area contributed by atoms with Crippen LogP contribution in [0.2, 0.25) is 0 Å². The quantitative estimate of drug-likeness (QED) is 0.849. The Morgan fingerprint density at radius 1 is 1.32 bits per heavy atom. The Balaban J connectivity index is 1.96. The number of likely N-dealkylation sites (tertiary alicyclic amines) is 1. The van der Waals surface area contributed by atoms with Gasteiger partial charge in [-0.3, -0.25) is 9.59 Å². The largest absolute Gasteiger partial charge is 0.344 e. The molecule has 1 unspecified atom stereocenters. The summed E-state index contributed by atoms with van der Waals surface area (Å²) in [5.74, 6) is -0.102. The van der Waals surface area contributed by atoms with Crippen LogP contribution < -0.4 is 11.1 Å². The van der Waals surface area contributed by atoms with Crippen molar-refractivity contribution in [3.05, 3.63) is 35.9 Å². The van der Waals surface area contributed by atoms with Gasteiger partial charge in [0.2, 0.25) is 11.8 Å². The lowest BCUT2D eigenvalue weighted by Gasteiger charge is -2.26. The minimum Gasteiger partial charge on any atom is -0.344 e. The van der Waals surface area contributed by atoms with Crippen LogP contribution in [-0.4, -0.2) is 41.9 Å². The van der Waals surface area contributed by atoms with Gasteiger partial charge in [0.1, 0.15) is 6.04 Å². The maximum atomic E-state index is 12.6. The molecule has 0 saturated carbocycles. The zero-order valence-electron chi connectivity index (χ0n) is 13.3. The van der Waals surface area contributed by atoms with Crippen molar-refractivity contribution in [1.82, 2.24) is 10.2 Å². The van der Waals surface area contributed by atoms with Gasteiger partial charge >= 0.3 is 0 Å². The highest BCUT2D eigenvalue weighted by Crippen LogP contribution is 2.13. The second-order valence-corrected chi connectivity index (χ2v) is 6.28. The van der Waals surface area contributed by atoms with Crippen molar-refractivity contribution in [3.8, 4) is 0 Å². The average molecular weight is 303 g/mol. The molecule has 2 atom stereocenters. The number of benzene rings is 1. The Morgan fingerprint density at radius 3 is 2.55 bits per heavy atom. The van der Waals surface area contributed by atoms with Crippen LogP contribution in [0.25, 0.3) is 0 Å². The van der Waals surface area contributed by atoms with Crippen LogP contribution in [0.1, 0.15) is 25.8 Å². The van der Waals surface area contributed by atoms with Gasteiger partial charge in [-0.15, -0.1) is 0 Å². The van der Waals surface area contributed by atoms with E-state index < -0.39 is 6.04 Å². The van der Waals surface area contributed by atoms with Gasteiger partial charge in [0, 0.05) is 19.1 Å². The number of amides is 2. The minimum absolute atomic E-state index is 0.0237. The SMILES string of the molecule is CC(C)C(NC(=O)Cc1ccccc1)C(=O)N1CC[C@@H](N)C1. The predicted molar refractivity (Wildman–Crippen MR) is 86.1 cm³/mol. The van der Waals surface area contributed by atoms with E-state index in [0.717, 1.165) is 12.0 Å². The summed E-state index contributed by atoms with van der Waals surface area (Å²) in [5.41, 5.74) is 6.80. The van der Waals surface area contributed by atoms with Crippen LogP contribution in [0.4, 0.5) is 0 Å². The van der Waals surface area contributed by atoms with E-state index in [1.165, 1.54) is 0 Å². The molecule has 1 saturated heterocycles. The first-order valence-corrected chi connectivity index (χ1v) is 7.85. The fourth-order valence-corrected chi connectivity index (χ4v) is 2.70. The molecule has 1 aliphatic rings. The van der Waals surface area contributed by atoms with Crippen LogP contribution in [0.5, 0.6) is 0 Å². The molecule has 3 N–H and O–H groups in total.